The van der Waals surface area contributed by atoms with Gasteiger partial charge in [-0.15, -0.1) is 0 Å². The molecule has 1 aromatic carbocycles. The van der Waals surface area contributed by atoms with Crippen molar-refractivity contribution in [3.05, 3.63) is 83.8 Å². The van der Waals surface area contributed by atoms with Gasteiger partial charge in [-0.25, -0.2) is 0 Å². The van der Waals surface area contributed by atoms with Gasteiger partial charge in [0.25, 0.3) is 0 Å². The van der Waals surface area contributed by atoms with Crippen molar-refractivity contribution in [2.75, 3.05) is 0 Å². The van der Waals surface area contributed by atoms with Gasteiger partial charge in [-0.1, -0.05) is 73.4 Å². The second-order valence-corrected chi connectivity index (χ2v) is 4.98. The highest BCUT2D eigenvalue weighted by atomic mass is 14.3. The van der Waals surface area contributed by atoms with Crippen LogP contribution in [-0.2, 0) is 0 Å². The maximum absolute atomic E-state index is 4.03. The minimum atomic E-state index is 0.397. The van der Waals surface area contributed by atoms with E-state index >= 15 is 0 Å². The molecule has 0 aliphatic heterocycles. The van der Waals surface area contributed by atoms with Gasteiger partial charge in [-0.2, -0.15) is 0 Å². The predicted molar refractivity (Wildman–Crippen MR) is 82.8 cm³/mol. The standard InChI is InChI=1S/C19H18/c1-3-9-15-14(4-2)16-10-5-6-12-18(16)19-13-8-7-11-17(15)19/h3-13,15,17H,2H2,1H3. The topological polar surface area (TPSA) is 0 Å². The summed E-state index contributed by atoms with van der Waals surface area (Å²) < 4.78 is 0. The SMILES string of the molecule is C=CC1=c2ccccc2=C2C=CC=CC2C1C=CC. The Balaban J connectivity index is 2.43. The van der Waals surface area contributed by atoms with Crippen LogP contribution in [0.3, 0.4) is 0 Å². The van der Waals surface area contributed by atoms with E-state index in [2.05, 4.69) is 74.2 Å². The zero-order chi connectivity index (χ0) is 13.2. The highest BCUT2D eigenvalue weighted by Gasteiger charge is 2.27. The summed E-state index contributed by atoms with van der Waals surface area (Å²) in [6.07, 6.45) is 15.3. The minimum Gasteiger partial charge on any atom is -0.0987 e. The predicted octanol–water partition coefficient (Wildman–Crippen LogP) is 3.12. The molecule has 2 aliphatic carbocycles. The van der Waals surface area contributed by atoms with Gasteiger partial charge in [-0.05, 0) is 28.5 Å². The molecule has 2 atom stereocenters. The summed E-state index contributed by atoms with van der Waals surface area (Å²) in [6.45, 7) is 6.12. The molecule has 0 N–H and O–H groups in total. The Hall–Kier alpha value is -2.08. The Kier molecular flexibility index (Phi) is 3.08. The molecule has 2 aliphatic rings. The lowest BCUT2D eigenvalue weighted by Gasteiger charge is -2.30. The van der Waals surface area contributed by atoms with Gasteiger partial charge in [0.2, 0.25) is 0 Å². The Morgan fingerprint density at radius 1 is 1.11 bits per heavy atom. The van der Waals surface area contributed by atoms with Crippen LogP contribution in [0.1, 0.15) is 6.92 Å². The molecule has 94 valence electrons. The van der Waals surface area contributed by atoms with E-state index in [1.165, 1.54) is 21.6 Å². The van der Waals surface area contributed by atoms with Gasteiger partial charge in [-0.3, -0.25) is 0 Å². The van der Waals surface area contributed by atoms with Crippen molar-refractivity contribution in [1.82, 2.24) is 0 Å². The lowest BCUT2D eigenvalue weighted by molar-refractivity contribution is 0.696. The van der Waals surface area contributed by atoms with Crippen molar-refractivity contribution in [2.24, 2.45) is 11.8 Å². The van der Waals surface area contributed by atoms with Gasteiger partial charge in [0.15, 0.2) is 0 Å². The molecule has 0 bridgehead atoms. The second-order valence-electron chi connectivity index (χ2n) is 4.98. The van der Waals surface area contributed by atoms with Gasteiger partial charge < -0.3 is 0 Å². The fraction of sp³-hybridized carbons (Fsp3) is 0.158. The summed E-state index contributed by atoms with van der Waals surface area (Å²) in [7, 11) is 0. The van der Waals surface area contributed by atoms with E-state index in [0.29, 0.717) is 11.8 Å². The molecule has 3 rings (SSSR count). The molecule has 0 saturated heterocycles. The first kappa shape index (κ1) is 12.0. The highest BCUT2D eigenvalue weighted by molar-refractivity contribution is 5.75. The number of rotatable bonds is 2. The molecule has 0 spiro atoms. The molecule has 0 heteroatoms. The quantitative estimate of drug-likeness (QED) is 0.703. The molecule has 0 nitrogen and oxygen atoms in total. The van der Waals surface area contributed by atoms with Crippen LogP contribution in [0.15, 0.2) is 73.4 Å². The van der Waals surface area contributed by atoms with E-state index in [1.807, 2.05) is 6.08 Å². The maximum Gasteiger partial charge on any atom is 0.0131 e. The van der Waals surface area contributed by atoms with Crippen molar-refractivity contribution in [3.8, 4) is 0 Å². The maximum atomic E-state index is 4.03. The minimum absolute atomic E-state index is 0.397. The third-order valence-electron chi connectivity index (χ3n) is 3.98. The highest BCUT2D eigenvalue weighted by Crippen LogP contribution is 2.34. The Bertz CT molecular complexity index is 711. The number of benzene rings is 1. The van der Waals surface area contributed by atoms with Crippen LogP contribution in [0, 0.1) is 11.8 Å². The van der Waals surface area contributed by atoms with Gasteiger partial charge in [0, 0.05) is 11.8 Å². The monoisotopic (exact) mass is 246 g/mol. The van der Waals surface area contributed by atoms with E-state index in [4.69, 9.17) is 0 Å². The van der Waals surface area contributed by atoms with Crippen molar-refractivity contribution >= 4 is 11.1 Å². The average molecular weight is 246 g/mol. The Morgan fingerprint density at radius 3 is 2.63 bits per heavy atom. The number of hydrogen-bond donors (Lipinski definition) is 0. The lowest BCUT2D eigenvalue weighted by atomic mass is 9.74. The molecular formula is C19H18. The van der Waals surface area contributed by atoms with E-state index in [1.54, 1.807) is 0 Å². The van der Waals surface area contributed by atoms with Crippen LogP contribution < -0.4 is 10.4 Å². The van der Waals surface area contributed by atoms with Crippen LogP contribution in [0.2, 0.25) is 0 Å². The first-order valence-corrected chi connectivity index (χ1v) is 6.80. The third-order valence-corrected chi connectivity index (χ3v) is 3.98. The molecule has 0 radical (unpaired) electrons. The summed E-state index contributed by atoms with van der Waals surface area (Å²) in [6, 6.07) is 8.65. The summed E-state index contributed by atoms with van der Waals surface area (Å²) in [5.74, 6) is 0.831. The van der Waals surface area contributed by atoms with Crippen LogP contribution in [0.5, 0.6) is 0 Å². The molecule has 2 unspecified atom stereocenters. The van der Waals surface area contributed by atoms with Crippen molar-refractivity contribution in [1.29, 1.82) is 0 Å². The Labute approximate surface area is 114 Å². The van der Waals surface area contributed by atoms with E-state index in [-0.39, 0.29) is 0 Å². The third kappa shape index (κ3) is 1.84. The van der Waals surface area contributed by atoms with Crippen molar-refractivity contribution in [3.63, 3.8) is 0 Å². The van der Waals surface area contributed by atoms with Gasteiger partial charge >= 0.3 is 0 Å². The first-order valence-electron chi connectivity index (χ1n) is 6.80. The van der Waals surface area contributed by atoms with Crippen LogP contribution >= 0.6 is 0 Å². The van der Waals surface area contributed by atoms with Crippen LogP contribution in [0.4, 0.5) is 0 Å². The van der Waals surface area contributed by atoms with Gasteiger partial charge in [0.05, 0.1) is 0 Å². The fourth-order valence-corrected chi connectivity index (χ4v) is 3.18. The molecule has 0 heterocycles. The molecule has 0 aromatic heterocycles. The number of fused-ring (bicyclic) bond motifs is 2. The molecular weight excluding hydrogens is 228 g/mol. The normalized spacial score (nSPS) is 24.5. The number of hydrogen-bond acceptors (Lipinski definition) is 0. The fourth-order valence-electron chi connectivity index (χ4n) is 3.18. The first-order chi connectivity index (χ1) is 9.36. The van der Waals surface area contributed by atoms with E-state index in [9.17, 15) is 0 Å². The molecule has 19 heavy (non-hydrogen) atoms. The summed E-state index contributed by atoms with van der Waals surface area (Å²) >= 11 is 0. The van der Waals surface area contributed by atoms with Crippen LogP contribution in [0.25, 0.3) is 11.1 Å². The average Bonchev–Trinajstić information content (AvgIpc) is 2.48. The summed E-state index contributed by atoms with van der Waals surface area (Å²) in [5.41, 5.74) is 2.76. The van der Waals surface area contributed by atoms with E-state index in [0.717, 1.165) is 0 Å². The number of allylic oxidation sites excluding steroid dienone is 7. The summed E-state index contributed by atoms with van der Waals surface area (Å²) in [4.78, 5) is 0. The molecule has 1 aromatic rings. The zero-order valence-corrected chi connectivity index (χ0v) is 11.2. The lowest BCUT2D eigenvalue weighted by Crippen LogP contribution is -2.38. The zero-order valence-electron chi connectivity index (χ0n) is 11.2. The Morgan fingerprint density at radius 2 is 1.89 bits per heavy atom. The largest absolute Gasteiger partial charge is 0.0987 e. The molecule has 0 fully saturated rings. The van der Waals surface area contributed by atoms with Crippen molar-refractivity contribution < 1.29 is 0 Å². The second kappa shape index (κ2) is 4.89. The van der Waals surface area contributed by atoms with Crippen LogP contribution in [-0.4, -0.2) is 0 Å². The van der Waals surface area contributed by atoms with E-state index < -0.39 is 0 Å². The summed E-state index contributed by atoms with van der Waals surface area (Å²) in [5, 5.41) is 2.68. The molecule has 0 amide bonds. The van der Waals surface area contributed by atoms with Gasteiger partial charge in [0.1, 0.15) is 0 Å². The molecule has 0 saturated carbocycles. The van der Waals surface area contributed by atoms with Crippen molar-refractivity contribution in [2.45, 2.75) is 6.92 Å². The smallest absolute Gasteiger partial charge is 0.0131 e.